The molecule has 18 heavy (non-hydrogen) atoms. The Kier molecular flexibility index (Phi) is 6.09. The van der Waals surface area contributed by atoms with Crippen LogP contribution in [0.25, 0.3) is 0 Å². The van der Waals surface area contributed by atoms with Crippen molar-refractivity contribution in [1.29, 1.82) is 0 Å². The molecule has 0 aromatic heterocycles. The van der Waals surface area contributed by atoms with E-state index in [1.54, 1.807) is 0 Å². The van der Waals surface area contributed by atoms with Crippen molar-refractivity contribution in [1.82, 2.24) is 10.2 Å². The minimum atomic E-state index is -0.376. The molecule has 1 atom stereocenters. The summed E-state index contributed by atoms with van der Waals surface area (Å²) >= 11 is 0. The van der Waals surface area contributed by atoms with Crippen molar-refractivity contribution in [3.05, 3.63) is 0 Å². The molecule has 0 radical (unpaired) electrons. The van der Waals surface area contributed by atoms with Crippen LogP contribution in [-0.2, 0) is 4.79 Å². The standard InChI is InChI=1S/C14H28N2O2/c1-14(2,3)9-12(17)10-15-11-13(18)16-7-5-4-6-8-16/h12,15,17H,4-11H2,1-3H3. The number of nitrogens with zero attached hydrogens (tertiary/aromatic N) is 1. The lowest BCUT2D eigenvalue weighted by Crippen LogP contribution is -2.42. The number of carbonyl (C=O) groups excluding carboxylic acids is 1. The quantitative estimate of drug-likeness (QED) is 0.781. The van der Waals surface area contributed by atoms with E-state index in [1.165, 1.54) is 6.42 Å². The highest BCUT2D eigenvalue weighted by molar-refractivity contribution is 5.78. The van der Waals surface area contributed by atoms with Gasteiger partial charge in [-0.15, -0.1) is 0 Å². The van der Waals surface area contributed by atoms with Gasteiger partial charge in [-0.1, -0.05) is 20.8 Å². The van der Waals surface area contributed by atoms with Crippen LogP contribution >= 0.6 is 0 Å². The number of aliphatic hydroxyl groups excluding tert-OH is 1. The number of amides is 1. The van der Waals surface area contributed by atoms with Gasteiger partial charge in [0, 0.05) is 19.6 Å². The molecule has 1 rings (SSSR count). The predicted octanol–water partition coefficient (Wildman–Crippen LogP) is 1.39. The fraction of sp³-hybridized carbons (Fsp3) is 0.929. The van der Waals surface area contributed by atoms with E-state index in [1.807, 2.05) is 4.90 Å². The lowest BCUT2D eigenvalue weighted by Gasteiger charge is -2.27. The highest BCUT2D eigenvalue weighted by Gasteiger charge is 2.18. The second kappa shape index (κ2) is 7.10. The van der Waals surface area contributed by atoms with Gasteiger partial charge in [0.15, 0.2) is 0 Å². The van der Waals surface area contributed by atoms with Gasteiger partial charge in [-0.2, -0.15) is 0 Å². The molecule has 1 aliphatic heterocycles. The van der Waals surface area contributed by atoms with Gasteiger partial charge in [0.05, 0.1) is 12.6 Å². The summed E-state index contributed by atoms with van der Waals surface area (Å²) in [5, 5.41) is 12.9. The predicted molar refractivity (Wildman–Crippen MR) is 73.4 cm³/mol. The SMILES string of the molecule is CC(C)(C)CC(O)CNCC(=O)N1CCCCC1. The molecular formula is C14H28N2O2. The first-order chi connectivity index (χ1) is 8.38. The van der Waals surface area contributed by atoms with Gasteiger partial charge in [0.1, 0.15) is 0 Å². The molecule has 0 aromatic carbocycles. The summed E-state index contributed by atoms with van der Waals surface area (Å²) in [5.41, 5.74) is 0.123. The summed E-state index contributed by atoms with van der Waals surface area (Å²) < 4.78 is 0. The number of piperidine rings is 1. The molecule has 0 spiro atoms. The summed E-state index contributed by atoms with van der Waals surface area (Å²) in [5.74, 6) is 0.164. The minimum Gasteiger partial charge on any atom is -0.392 e. The van der Waals surface area contributed by atoms with Gasteiger partial charge in [-0.25, -0.2) is 0 Å². The third kappa shape index (κ3) is 6.36. The van der Waals surface area contributed by atoms with Crippen LogP contribution in [0.3, 0.4) is 0 Å². The van der Waals surface area contributed by atoms with Crippen molar-refractivity contribution in [2.75, 3.05) is 26.2 Å². The number of aliphatic hydroxyl groups is 1. The fourth-order valence-corrected chi connectivity index (χ4v) is 2.38. The topological polar surface area (TPSA) is 52.6 Å². The maximum Gasteiger partial charge on any atom is 0.236 e. The molecular weight excluding hydrogens is 228 g/mol. The minimum absolute atomic E-state index is 0.123. The first kappa shape index (κ1) is 15.4. The maximum absolute atomic E-state index is 11.8. The van der Waals surface area contributed by atoms with Gasteiger partial charge < -0.3 is 15.3 Å². The molecule has 0 bridgehead atoms. The lowest BCUT2D eigenvalue weighted by atomic mass is 9.89. The Labute approximate surface area is 111 Å². The number of likely N-dealkylation sites (tertiary alicyclic amines) is 1. The number of hydrogen-bond donors (Lipinski definition) is 2. The van der Waals surface area contributed by atoms with Crippen LogP contribution in [0.5, 0.6) is 0 Å². The van der Waals surface area contributed by atoms with E-state index in [4.69, 9.17) is 0 Å². The van der Waals surface area contributed by atoms with Gasteiger partial charge in [0.2, 0.25) is 5.91 Å². The zero-order valence-corrected chi connectivity index (χ0v) is 12.0. The van der Waals surface area contributed by atoms with E-state index < -0.39 is 0 Å². The Balaban J connectivity index is 2.14. The van der Waals surface area contributed by atoms with Crippen molar-refractivity contribution in [2.24, 2.45) is 5.41 Å². The molecule has 0 saturated carbocycles. The number of hydrogen-bond acceptors (Lipinski definition) is 3. The van der Waals surface area contributed by atoms with Crippen LogP contribution in [0.15, 0.2) is 0 Å². The van der Waals surface area contributed by atoms with Crippen LogP contribution in [0.4, 0.5) is 0 Å². The van der Waals surface area contributed by atoms with Crippen molar-refractivity contribution in [3.8, 4) is 0 Å². The van der Waals surface area contributed by atoms with E-state index in [-0.39, 0.29) is 17.4 Å². The van der Waals surface area contributed by atoms with Crippen LogP contribution in [0.2, 0.25) is 0 Å². The van der Waals surface area contributed by atoms with Crippen LogP contribution in [-0.4, -0.2) is 48.2 Å². The Morgan fingerprint density at radius 2 is 1.89 bits per heavy atom. The van der Waals surface area contributed by atoms with Gasteiger partial charge in [-0.3, -0.25) is 4.79 Å². The van der Waals surface area contributed by atoms with Crippen molar-refractivity contribution >= 4 is 5.91 Å². The highest BCUT2D eigenvalue weighted by Crippen LogP contribution is 2.20. The summed E-state index contributed by atoms with van der Waals surface area (Å²) in [7, 11) is 0. The normalized spacial score (nSPS) is 18.8. The molecule has 2 N–H and O–H groups in total. The fourth-order valence-electron chi connectivity index (χ4n) is 2.38. The molecule has 1 amide bonds. The Hall–Kier alpha value is -0.610. The summed E-state index contributed by atoms with van der Waals surface area (Å²) in [6.07, 6.45) is 3.86. The first-order valence-corrected chi connectivity index (χ1v) is 7.05. The third-order valence-electron chi connectivity index (χ3n) is 3.21. The van der Waals surface area contributed by atoms with Gasteiger partial charge >= 0.3 is 0 Å². The number of nitrogens with one attached hydrogen (secondary N) is 1. The van der Waals surface area contributed by atoms with E-state index >= 15 is 0 Å². The van der Waals surface area contributed by atoms with Crippen LogP contribution in [0.1, 0.15) is 46.5 Å². The largest absolute Gasteiger partial charge is 0.392 e. The third-order valence-corrected chi connectivity index (χ3v) is 3.21. The molecule has 1 heterocycles. The maximum atomic E-state index is 11.8. The van der Waals surface area contributed by atoms with Crippen LogP contribution < -0.4 is 5.32 Å². The summed E-state index contributed by atoms with van der Waals surface area (Å²) in [6.45, 7) is 8.95. The molecule has 1 unspecified atom stereocenters. The molecule has 0 aliphatic carbocycles. The first-order valence-electron chi connectivity index (χ1n) is 7.05. The second-order valence-electron chi connectivity index (χ2n) is 6.49. The van der Waals surface area contributed by atoms with Crippen molar-refractivity contribution in [3.63, 3.8) is 0 Å². The zero-order valence-electron chi connectivity index (χ0n) is 12.0. The van der Waals surface area contributed by atoms with E-state index in [9.17, 15) is 9.90 Å². The molecule has 1 aliphatic rings. The van der Waals surface area contributed by atoms with Crippen molar-refractivity contribution in [2.45, 2.75) is 52.6 Å². The average molecular weight is 256 g/mol. The van der Waals surface area contributed by atoms with E-state index in [0.29, 0.717) is 13.1 Å². The summed E-state index contributed by atoms with van der Waals surface area (Å²) in [4.78, 5) is 13.8. The molecule has 1 fully saturated rings. The lowest BCUT2D eigenvalue weighted by molar-refractivity contribution is -0.131. The van der Waals surface area contributed by atoms with Crippen LogP contribution in [0, 0.1) is 5.41 Å². The Bertz CT molecular complexity index is 255. The second-order valence-corrected chi connectivity index (χ2v) is 6.49. The smallest absolute Gasteiger partial charge is 0.236 e. The molecule has 4 nitrogen and oxygen atoms in total. The number of carbonyl (C=O) groups is 1. The summed E-state index contributed by atoms with van der Waals surface area (Å²) in [6, 6.07) is 0. The monoisotopic (exact) mass is 256 g/mol. The highest BCUT2D eigenvalue weighted by atomic mass is 16.3. The average Bonchev–Trinajstić information content (AvgIpc) is 2.27. The van der Waals surface area contributed by atoms with E-state index in [0.717, 1.165) is 32.4 Å². The van der Waals surface area contributed by atoms with E-state index in [2.05, 4.69) is 26.1 Å². The zero-order chi connectivity index (χ0) is 13.6. The Morgan fingerprint density at radius 1 is 1.28 bits per heavy atom. The Morgan fingerprint density at radius 3 is 2.44 bits per heavy atom. The molecule has 0 aromatic rings. The van der Waals surface area contributed by atoms with Gasteiger partial charge in [-0.05, 0) is 31.1 Å². The molecule has 106 valence electrons. The van der Waals surface area contributed by atoms with Crippen molar-refractivity contribution < 1.29 is 9.90 Å². The molecule has 1 saturated heterocycles. The van der Waals surface area contributed by atoms with Gasteiger partial charge in [0.25, 0.3) is 0 Å². The number of rotatable bonds is 5. The molecule has 4 heteroatoms.